The number of fused-ring (bicyclic) bond motifs is 1. The van der Waals surface area contributed by atoms with Crippen LogP contribution in [-0.4, -0.2) is 16.3 Å². The lowest BCUT2D eigenvalue weighted by Crippen LogP contribution is -2.15. The van der Waals surface area contributed by atoms with Gasteiger partial charge in [0.1, 0.15) is 5.82 Å². The minimum atomic E-state index is 0.0754. The third-order valence-electron chi connectivity index (χ3n) is 4.12. The normalized spacial score (nSPS) is 15.2. The summed E-state index contributed by atoms with van der Waals surface area (Å²) in [6, 6.07) is 8.61. The van der Waals surface area contributed by atoms with E-state index in [0.717, 1.165) is 18.7 Å². The van der Waals surface area contributed by atoms with Crippen molar-refractivity contribution in [3.63, 3.8) is 0 Å². The predicted molar refractivity (Wildman–Crippen MR) is 88.4 cm³/mol. The van der Waals surface area contributed by atoms with Gasteiger partial charge in [0.25, 0.3) is 0 Å². The summed E-state index contributed by atoms with van der Waals surface area (Å²) in [5.41, 5.74) is 5.13. The van der Waals surface area contributed by atoms with Crippen LogP contribution in [0.3, 0.4) is 0 Å². The molecule has 2 aromatic rings. The summed E-state index contributed by atoms with van der Waals surface area (Å²) in [6.07, 6.45) is 3.59. The smallest absolute Gasteiger partial charge is 0.133 e. The van der Waals surface area contributed by atoms with Crippen LogP contribution in [0, 0.1) is 6.92 Å². The summed E-state index contributed by atoms with van der Waals surface area (Å²) in [4.78, 5) is 0. The number of nitrogens with one attached hydrogen (secondary N) is 1. The van der Waals surface area contributed by atoms with Crippen molar-refractivity contribution in [3.8, 4) is 5.69 Å². The van der Waals surface area contributed by atoms with Gasteiger partial charge in [-0.2, -0.15) is 5.10 Å². The van der Waals surface area contributed by atoms with Crippen molar-refractivity contribution in [3.05, 3.63) is 41.1 Å². The molecule has 3 heteroatoms. The van der Waals surface area contributed by atoms with E-state index in [-0.39, 0.29) is 5.41 Å². The van der Waals surface area contributed by atoms with E-state index in [1.54, 1.807) is 0 Å². The number of aryl methyl sites for hydroxylation is 1. The fourth-order valence-electron chi connectivity index (χ4n) is 2.98. The zero-order valence-electron chi connectivity index (χ0n) is 13.5. The van der Waals surface area contributed by atoms with Gasteiger partial charge in [0.05, 0.1) is 11.4 Å². The summed E-state index contributed by atoms with van der Waals surface area (Å²) < 4.78 is 2.10. The van der Waals surface area contributed by atoms with Gasteiger partial charge in [-0.25, -0.2) is 4.68 Å². The molecular formula is C18H25N3. The highest BCUT2D eigenvalue weighted by Crippen LogP contribution is 2.34. The number of aromatic nitrogens is 2. The minimum absolute atomic E-state index is 0.0754. The van der Waals surface area contributed by atoms with Gasteiger partial charge in [-0.05, 0) is 38.3 Å². The molecule has 1 N–H and O–H groups in total. The fraction of sp³-hybridized carbons (Fsp3) is 0.500. The Morgan fingerprint density at radius 1 is 1.10 bits per heavy atom. The number of hydrogen-bond acceptors (Lipinski definition) is 2. The van der Waals surface area contributed by atoms with Crippen molar-refractivity contribution in [2.45, 2.75) is 52.4 Å². The molecule has 1 aliphatic rings. The fourth-order valence-corrected chi connectivity index (χ4v) is 2.98. The van der Waals surface area contributed by atoms with Crippen LogP contribution in [0.4, 0.5) is 5.82 Å². The monoisotopic (exact) mass is 283 g/mol. The predicted octanol–water partition coefficient (Wildman–Crippen LogP) is 4.23. The van der Waals surface area contributed by atoms with Crippen LogP contribution in [0.15, 0.2) is 24.3 Å². The molecule has 0 fully saturated rings. The quantitative estimate of drug-likeness (QED) is 0.849. The number of benzene rings is 1. The highest BCUT2D eigenvalue weighted by atomic mass is 15.3. The van der Waals surface area contributed by atoms with Crippen molar-refractivity contribution in [2.75, 3.05) is 11.9 Å². The summed E-state index contributed by atoms with van der Waals surface area (Å²) >= 11 is 0. The third kappa shape index (κ3) is 2.69. The van der Waals surface area contributed by atoms with Gasteiger partial charge in [-0.1, -0.05) is 38.5 Å². The van der Waals surface area contributed by atoms with Crippen LogP contribution in [0.5, 0.6) is 0 Å². The lowest BCUT2D eigenvalue weighted by molar-refractivity contribution is 0.552. The maximum absolute atomic E-state index is 4.96. The standard InChI is InChI=1S/C18H25N3/c1-13-8-10-14(11-9-13)21-17-15(7-5-6-12-19-17)16(20-21)18(2,3)4/h8-11,19H,5-7,12H2,1-4H3. The Hall–Kier alpha value is -1.77. The van der Waals surface area contributed by atoms with E-state index in [2.05, 4.69) is 62.0 Å². The Kier molecular flexibility index (Phi) is 3.52. The first-order valence-corrected chi connectivity index (χ1v) is 7.90. The molecule has 0 amide bonds. The Morgan fingerprint density at radius 3 is 2.48 bits per heavy atom. The number of rotatable bonds is 1. The van der Waals surface area contributed by atoms with Crippen LogP contribution >= 0.6 is 0 Å². The first-order chi connectivity index (χ1) is 9.97. The van der Waals surface area contributed by atoms with E-state index in [0.29, 0.717) is 0 Å². The Bertz CT molecular complexity index is 630. The highest BCUT2D eigenvalue weighted by Gasteiger charge is 2.27. The maximum Gasteiger partial charge on any atom is 0.133 e. The molecular weight excluding hydrogens is 258 g/mol. The Morgan fingerprint density at radius 2 is 1.81 bits per heavy atom. The van der Waals surface area contributed by atoms with E-state index >= 15 is 0 Å². The molecule has 0 unspecified atom stereocenters. The average molecular weight is 283 g/mol. The van der Waals surface area contributed by atoms with Crippen molar-refractivity contribution in [1.29, 1.82) is 0 Å². The molecule has 2 heterocycles. The first kappa shape index (κ1) is 14.2. The zero-order chi connectivity index (χ0) is 15.0. The zero-order valence-corrected chi connectivity index (χ0v) is 13.5. The average Bonchev–Trinajstić information content (AvgIpc) is 2.63. The minimum Gasteiger partial charge on any atom is -0.370 e. The second kappa shape index (κ2) is 5.21. The van der Waals surface area contributed by atoms with Gasteiger partial charge in [0.2, 0.25) is 0 Å². The lowest BCUT2D eigenvalue weighted by atomic mass is 9.88. The first-order valence-electron chi connectivity index (χ1n) is 7.90. The van der Waals surface area contributed by atoms with Gasteiger partial charge in [-0.3, -0.25) is 0 Å². The molecule has 1 aromatic carbocycles. The van der Waals surface area contributed by atoms with E-state index in [1.165, 1.54) is 35.5 Å². The third-order valence-corrected chi connectivity index (χ3v) is 4.12. The van der Waals surface area contributed by atoms with Crippen LogP contribution in [0.2, 0.25) is 0 Å². The number of hydrogen-bond donors (Lipinski definition) is 1. The summed E-state index contributed by atoms with van der Waals surface area (Å²) in [7, 11) is 0. The molecule has 0 atom stereocenters. The van der Waals surface area contributed by atoms with Crippen molar-refractivity contribution < 1.29 is 0 Å². The Labute approximate surface area is 127 Å². The van der Waals surface area contributed by atoms with Gasteiger partial charge in [0, 0.05) is 17.5 Å². The number of nitrogens with zero attached hydrogens (tertiary/aromatic N) is 2. The maximum atomic E-state index is 4.96. The van der Waals surface area contributed by atoms with Crippen LogP contribution in [0.25, 0.3) is 5.69 Å². The molecule has 21 heavy (non-hydrogen) atoms. The SMILES string of the molecule is Cc1ccc(-n2nc(C(C)(C)C)c3c2NCCCC3)cc1. The van der Waals surface area contributed by atoms with Gasteiger partial charge < -0.3 is 5.32 Å². The van der Waals surface area contributed by atoms with Gasteiger partial charge in [0.15, 0.2) is 0 Å². The van der Waals surface area contributed by atoms with Gasteiger partial charge in [-0.15, -0.1) is 0 Å². The summed E-state index contributed by atoms with van der Waals surface area (Å²) in [5, 5.41) is 8.56. The van der Waals surface area contributed by atoms with Gasteiger partial charge >= 0.3 is 0 Å². The molecule has 3 nitrogen and oxygen atoms in total. The van der Waals surface area contributed by atoms with Crippen LogP contribution in [-0.2, 0) is 11.8 Å². The van der Waals surface area contributed by atoms with Crippen molar-refractivity contribution in [1.82, 2.24) is 9.78 Å². The van der Waals surface area contributed by atoms with Crippen LogP contribution < -0.4 is 5.32 Å². The van der Waals surface area contributed by atoms with Crippen molar-refractivity contribution in [2.24, 2.45) is 0 Å². The molecule has 0 bridgehead atoms. The second-order valence-electron chi connectivity index (χ2n) is 7.06. The highest BCUT2D eigenvalue weighted by molar-refractivity contribution is 5.55. The topological polar surface area (TPSA) is 29.9 Å². The summed E-state index contributed by atoms with van der Waals surface area (Å²) in [5.74, 6) is 1.20. The molecule has 3 rings (SSSR count). The molecule has 0 radical (unpaired) electrons. The molecule has 0 saturated heterocycles. The molecule has 112 valence electrons. The largest absolute Gasteiger partial charge is 0.370 e. The molecule has 1 aliphatic heterocycles. The number of anilines is 1. The van der Waals surface area contributed by atoms with E-state index < -0.39 is 0 Å². The Balaban J connectivity index is 2.16. The lowest BCUT2D eigenvalue weighted by Gasteiger charge is -2.17. The molecule has 1 aromatic heterocycles. The molecule has 0 aliphatic carbocycles. The van der Waals surface area contributed by atoms with E-state index in [1.807, 2.05) is 0 Å². The molecule has 0 saturated carbocycles. The van der Waals surface area contributed by atoms with E-state index in [9.17, 15) is 0 Å². The summed E-state index contributed by atoms with van der Waals surface area (Å²) in [6.45, 7) is 9.90. The van der Waals surface area contributed by atoms with E-state index in [4.69, 9.17) is 5.10 Å². The van der Waals surface area contributed by atoms with Crippen molar-refractivity contribution >= 4 is 5.82 Å². The molecule has 0 spiro atoms. The van der Waals surface area contributed by atoms with Crippen LogP contribution in [0.1, 0.15) is 50.4 Å². The second-order valence-corrected chi connectivity index (χ2v) is 7.06.